The zero-order valence-corrected chi connectivity index (χ0v) is 11.5. The predicted molar refractivity (Wildman–Crippen MR) is 74.1 cm³/mol. The van der Waals surface area contributed by atoms with Crippen molar-refractivity contribution in [3.05, 3.63) is 34.1 Å². The van der Waals surface area contributed by atoms with Crippen LogP contribution in [0.2, 0.25) is 0 Å². The fourth-order valence-electron chi connectivity index (χ4n) is 1.61. The van der Waals surface area contributed by atoms with Crippen LogP contribution in [0.4, 0.5) is 15.8 Å². The van der Waals surface area contributed by atoms with Gasteiger partial charge in [0, 0.05) is 12.5 Å². The lowest BCUT2D eigenvalue weighted by atomic mass is 10.2. The minimum atomic E-state index is -0.723. The van der Waals surface area contributed by atoms with Crippen molar-refractivity contribution in [1.29, 1.82) is 0 Å². The number of amides is 1. The number of carbonyl (C=O) groups is 1. The topological polar surface area (TPSA) is 84.3 Å². The van der Waals surface area contributed by atoms with Gasteiger partial charge in [-0.25, -0.2) is 4.39 Å². The van der Waals surface area contributed by atoms with E-state index >= 15 is 0 Å². The Hall–Kier alpha value is -2.02. The number of rotatable bonds is 7. The van der Waals surface area contributed by atoms with Crippen molar-refractivity contribution in [3.8, 4) is 0 Å². The normalized spacial score (nSPS) is 10.6. The van der Waals surface area contributed by atoms with Crippen LogP contribution >= 0.6 is 0 Å². The quantitative estimate of drug-likeness (QED) is 0.457. The average molecular weight is 283 g/mol. The maximum atomic E-state index is 12.9. The molecule has 110 valence electrons. The monoisotopic (exact) mass is 283 g/mol. The first-order valence-electron chi connectivity index (χ1n) is 6.37. The highest BCUT2D eigenvalue weighted by molar-refractivity contribution is 5.93. The van der Waals surface area contributed by atoms with Crippen molar-refractivity contribution in [2.45, 2.75) is 32.7 Å². The molecule has 6 nitrogen and oxygen atoms in total. The number of hydrogen-bond donors (Lipinski definition) is 2. The Morgan fingerprint density at radius 1 is 1.45 bits per heavy atom. The van der Waals surface area contributed by atoms with Gasteiger partial charge in [0.15, 0.2) is 0 Å². The molecule has 0 aromatic heterocycles. The number of carbonyl (C=O) groups excluding carboxylic acids is 1. The highest BCUT2D eigenvalue weighted by Gasteiger charge is 2.16. The fraction of sp³-hybridized carbons (Fsp3) is 0.462. The lowest BCUT2D eigenvalue weighted by Crippen LogP contribution is -2.24. The van der Waals surface area contributed by atoms with E-state index in [1.807, 2.05) is 13.8 Å². The summed E-state index contributed by atoms with van der Waals surface area (Å²) in [4.78, 5) is 21.7. The Labute approximate surface area is 116 Å². The van der Waals surface area contributed by atoms with Crippen LogP contribution in [0.15, 0.2) is 18.2 Å². The number of nitrogens with zero attached hydrogens (tertiary/aromatic N) is 1. The van der Waals surface area contributed by atoms with Gasteiger partial charge < -0.3 is 10.6 Å². The van der Waals surface area contributed by atoms with Crippen LogP contribution < -0.4 is 10.6 Å². The van der Waals surface area contributed by atoms with E-state index in [-0.39, 0.29) is 18.0 Å². The van der Waals surface area contributed by atoms with E-state index in [1.165, 1.54) is 6.07 Å². The van der Waals surface area contributed by atoms with Crippen LogP contribution in [0.5, 0.6) is 0 Å². The molecule has 1 aromatic carbocycles. The molecule has 0 spiro atoms. The molecule has 0 saturated heterocycles. The fourth-order valence-corrected chi connectivity index (χ4v) is 1.61. The minimum Gasteiger partial charge on any atom is -0.320 e. The third-order valence-electron chi connectivity index (χ3n) is 2.56. The van der Waals surface area contributed by atoms with Crippen LogP contribution in [0, 0.1) is 15.9 Å². The number of nitrogens with one attached hydrogen (secondary N) is 2. The number of hydrogen-bond acceptors (Lipinski definition) is 4. The standard InChI is InChI=1S/C13H18FN3O3/c1-9(2)15-7-3-4-13(18)16-11-6-5-10(14)8-12(11)17(19)20/h5-6,8-9,15H,3-4,7H2,1-2H3,(H,16,18). The Morgan fingerprint density at radius 3 is 2.75 bits per heavy atom. The summed E-state index contributed by atoms with van der Waals surface area (Å²) in [5, 5.41) is 16.4. The number of nitro groups is 1. The second kappa shape index (κ2) is 7.54. The summed E-state index contributed by atoms with van der Waals surface area (Å²) in [5.41, 5.74) is -0.433. The summed E-state index contributed by atoms with van der Waals surface area (Å²) in [7, 11) is 0. The summed E-state index contributed by atoms with van der Waals surface area (Å²) < 4.78 is 12.9. The Balaban J connectivity index is 2.55. The Kier molecular flexibility index (Phi) is 6.05. The molecular formula is C13H18FN3O3. The lowest BCUT2D eigenvalue weighted by molar-refractivity contribution is -0.384. The highest BCUT2D eigenvalue weighted by atomic mass is 19.1. The smallest absolute Gasteiger partial charge is 0.295 e. The summed E-state index contributed by atoms with van der Waals surface area (Å²) in [5.74, 6) is -1.04. The largest absolute Gasteiger partial charge is 0.320 e. The minimum absolute atomic E-state index is 0.0122. The molecule has 0 aliphatic heterocycles. The van der Waals surface area contributed by atoms with Gasteiger partial charge in [0.05, 0.1) is 11.0 Å². The van der Waals surface area contributed by atoms with Gasteiger partial charge in [-0.1, -0.05) is 13.8 Å². The molecule has 0 fully saturated rings. The lowest BCUT2D eigenvalue weighted by Gasteiger charge is -2.08. The van der Waals surface area contributed by atoms with E-state index in [2.05, 4.69) is 10.6 Å². The molecule has 1 aromatic rings. The molecular weight excluding hydrogens is 265 g/mol. The molecule has 2 N–H and O–H groups in total. The van der Waals surface area contributed by atoms with Crippen LogP contribution in [0.25, 0.3) is 0 Å². The van der Waals surface area contributed by atoms with Gasteiger partial charge in [0.25, 0.3) is 5.69 Å². The van der Waals surface area contributed by atoms with E-state index < -0.39 is 16.4 Å². The van der Waals surface area contributed by atoms with Crippen LogP contribution in [0.3, 0.4) is 0 Å². The zero-order valence-electron chi connectivity index (χ0n) is 11.5. The third kappa shape index (κ3) is 5.31. The summed E-state index contributed by atoms with van der Waals surface area (Å²) in [6.07, 6.45) is 0.868. The highest BCUT2D eigenvalue weighted by Crippen LogP contribution is 2.25. The van der Waals surface area contributed by atoms with Crippen molar-refractivity contribution in [2.75, 3.05) is 11.9 Å². The molecule has 0 aliphatic rings. The van der Waals surface area contributed by atoms with Crippen molar-refractivity contribution in [1.82, 2.24) is 5.32 Å². The number of halogens is 1. The molecule has 0 atom stereocenters. The molecule has 0 heterocycles. The van der Waals surface area contributed by atoms with E-state index in [0.29, 0.717) is 19.0 Å². The Morgan fingerprint density at radius 2 is 2.15 bits per heavy atom. The first-order chi connectivity index (χ1) is 9.40. The van der Waals surface area contributed by atoms with Crippen molar-refractivity contribution >= 4 is 17.3 Å². The van der Waals surface area contributed by atoms with Gasteiger partial charge in [0.1, 0.15) is 11.5 Å². The SMILES string of the molecule is CC(C)NCCCC(=O)Nc1ccc(F)cc1[N+](=O)[O-]. The van der Waals surface area contributed by atoms with Gasteiger partial charge in [0.2, 0.25) is 5.91 Å². The van der Waals surface area contributed by atoms with Gasteiger partial charge in [-0.15, -0.1) is 0 Å². The van der Waals surface area contributed by atoms with E-state index in [1.54, 1.807) is 0 Å². The second-order valence-electron chi connectivity index (χ2n) is 4.68. The zero-order chi connectivity index (χ0) is 15.1. The van der Waals surface area contributed by atoms with Gasteiger partial charge >= 0.3 is 0 Å². The molecule has 0 saturated carbocycles. The molecule has 7 heteroatoms. The molecule has 0 radical (unpaired) electrons. The van der Waals surface area contributed by atoms with Crippen molar-refractivity contribution < 1.29 is 14.1 Å². The van der Waals surface area contributed by atoms with Crippen LogP contribution in [-0.2, 0) is 4.79 Å². The van der Waals surface area contributed by atoms with Crippen LogP contribution in [-0.4, -0.2) is 23.4 Å². The first-order valence-corrected chi connectivity index (χ1v) is 6.37. The molecule has 20 heavy (non-hydrogen) atoms. The third-order valence-corrected chi connectivity index (χ3v) is 2.56. The van der Waals surface area contributed by atoms with Crippen LogP contribution in [0.1, 0.15) is 26.7 Å². The van der Waals surface area contributed by atoms with Gasteiger partial charge in [-0.2, -0.15) is 0 Å². The summed E-state index contributed by atoms with van der Waals surface area (Å²) in [6, 6.07) is 3.40. The van der Waals surface area contributed by atoms with Crippen molar-refractivity contribution in [3.63, 3.8) is 0 Å². The molecule has 1 rings (SSSR count). The predicted octanol–water partition coefficient (Wildman–Crippen LogP) is 2.45. The summed E-state index contributed by atoms with van der Waals surface area (Å²) >= 11 is 0. The number of anilines is 1. The average Bonchev–Trinajstić information content (AvgIpc) is 2.36. The van der Waals surface area contributed by atoms with E-state index in [4.69, 9.17) is 0 Å². The van der Waals surface area contributed by atoms with Gasteiger partial charge in [-0.05, 0) is 25.1 Å². The van der Waals surface area contributed by atoms with Crippen molar-refractivity contribution in [2.24, 2.45) is 0 Å². The molecule has 0 bridgehead atoms. The Bertz CT molecular complexity index is 492. The number of nitro benzene ring substituents is 1. The molecule has 1 amide bonds. The summed E-state index contributed by atoms with van der Waals surface area (Å²) in [6.45, 7) is 4.69. The van der Waals surface area contributed by atoms with E-state index in [9.17, 15) is 19.3 Å². The first kappa shape index (κ1) is 16.0. The second-order valence-corrected chi connectivity index (χ2v) is 4.68. The molecule has 0 aliphatic carbocycles. The molecule has 0 unspecified atom stereocenters. The van der Waals surface area contributed by atoms with E-state index in [0.717, 1.165) is 12.1 Å². The maximum absolute atomic E-state index is 12.9. The van der Waals surface area contributed by atoms with Gasteiger partial charge in [-0.3, -0.25) is 14.9 Å². The maximum Gasteiger partial charge on any atom is 0.295 e. The number of benzene rings is 1.